The number of amides is 1. The van der Waals surface area contributed by atoms with E-state index in [9.17, 15) is 33.9 Å². The summed E-state index contributed by atoms with van der Waals surface area (Å²) in [5.41, 5.74) is 1.55. The van der Waals surface area contributed by atoms with Crippen molar-refractivity contribution < 1.29 is 67.0 Å². The van der Waals surface area contributed by atoms with Gasteiger partial charge in [-0.3, -0.25) is 24.0 Å². The van der Waals surface area contributed by atoms with Crippen molar-refractivity contribution in [1.82, 2.24) is 4.90 Å². The van der Waals surface area contributed by atoms with Crippen molar-refractivity contribution in [2.45, 2.75) is 174 Å². The van der Waals surface area contributed by atoms with E-state index in [1.54, 1.807) is 34.0 Å². The van der Waals surface area contributed by atoms with Gasteiger partial charge in [0.15, 0.2) is 0 Å². The van der Waals surface area contributed by atoms with Crippen molar-refractivity contribution in [3.8, 4) is 0 Å². The van der Waals surface area contributed by atoms with Crippen molar-refractivity contribution in [2.75, 3.05) is 27.9 Å². The van der Waals surface area contributed by atoms with E-state index in [0.717, 1.165) is 5.57 Å². The fourth-order valence-electron chi connectivity index (χ4n) is 10.1. The number of hydrogen-bond acceptors (Lipinski definition) is 14. The lowest BCUT2D eigenvalue weighted by molar-refractivity contribution is -0.302. The number of Topliss-reactive ketones (excluding diaryl/α,β-unsaturated/α-hetero) is 2. The Balaban J connectivity index is 1.83. The summed E-state index contributed by atoms with van der Waals surface area (Å²) < 4.78 is 41.6. The molecule has 0 aromatic rings. The zero-order valence-electron chi connectivity index (χ0n) is 39.1. The molecule has 0 aromatic heterocycles. The molecule has 1 amide bonds. The SMILES string of the molecule is C=CC[C@@H]1/C=C(\C)CC(C)CC(OC)C2O[C@@](O)(C(=O)C(=O)N3CCCC[C@H]3C(=O)OC(/C(C)=C/[C@@H]3CCC(OC(C)=O)[C@H](OC)C3)C(C)C(OC(C)=O)CC1=O)[C@H](C)C[C@@H]2OC. The molecule has 15 nitrogen and oxygen atoms in total. The number of ketones is 2. The standard InChI is InChI=1S/C48H73NO14/c1-12-15-35-21-27(2)20-28(3)22-41(58-10)44-42(59-11)24-30(5)48(56,63-44)45(53)46(54)49-19-14-13-16-36(49)47(55)62-43(31(6)39(26-37(35)52)61-33(8)51)29(4)23-34-17-18-38(60-32(7)50)40(25-34)57-9/h12,21,23,28,30-31,34-36,38-44,56H,1,13-20,22,24-26H2,2-11H3/b27-21+,29-23+/t28?,30-,31?,34+,35-,36+,38?,39?,40-,41?,42+,43?,44?,48-/m1/s1. The van der Waals surface area contributed by atoms with E-state index in [1.807, 2.05) is 26.0 Å². The maximum absolute atomic E-state index is 14.6. The number of cyclic esters (lactones) is 1. The Morgan fingerprint density at radius 2 is 1.49 bits per heavy atom. The third-order valence-corrected chi connectivity index (χ3v) is 13.5. The molecular formula is C48H73NO14. The second-order valence-corrected chi connectivity index (χ2v) is 18.4. The lowest BCUT2D eigenvalue weighted by Gasteiger charge is -2.47. The number of rotatable bonds is 9. The van der Waals surface area contributed by atoms with Crippen LogP contribution in [0, 0.1) is 29.6 Å². The van der Waals surface area contributed by atoms with Gasteiger partial charge in [-0.15, -0.1) is 6.58 Å². The van der Waals surface area contributed by atoms with E-state index >= 15 is 0 Å². The second-order valence-electron chi connectivity index (χ2n) is 18.4. The van der Waals surface area contributed by atoms with E-state index in [0.29, 0.717) is 56.9 Å². The maximum atomic E-state index is 14.6. The average Bonchev–Trinajstić information content (AvgIpc) is 3.23. The fourth-order valence-corrected chi connectivity index (χ4v) is 10.1. The maximum Gasteiger partial charge on any atom is 0.329 e. The molecule has 1 saturated carbocycles. The molecule has 3 fully saturated rings. The molecule has 15 heteroatoms. The third kappa shape index (κ3) is 13.2. The minimum Gasteiger partial charge on any atom is -0.462 e. The predicted octanol–water partition coefficient (Wildman–Crippen LogP) is 5.78. The fraction of sp³-hybridized carbons (Fsp3) is 0.750. The first kappa shape index (κ1) is 51.9. The highest BCUT2D eigenvalue weighted by Gasteiger charge is 2.56. The van der Waals surface area contributed by atoms with Gasteiger partial charge in [-0.05, 0) is 95.5 Å². The summed E-state index contributed by atoms with van der Waals surface area (Å²) in [5.74, 6) is -9.11. The van der Waals surface area contributed by atoms with Gasteiger partial charge in [-0.25, -0.2) is 4.79 Å². The van der Waals surface area contributed by atoms with Gasteiger partial charge in [0, 0.05) is 65.9 Å². The Morgan fingerprint density at radius 3 is 2.11 bits per heavy atom. The number of fused-ring (bicyclic) bond motifs is 3. The molecule has 2 bridgehead atoms. The van der Waals surface area contributed by atoms with Gasteiger partial charge in [-0.1, -0.05) is 44.6 Å². The predicted molar refractivity (Wildman–Crippen MR) is 232 cm³/mol. The van der Waals surface area contributed by atoms with E-state index in [2.05, 4.69) is 6.58 Å². The van der Waals surface area contributed by atoms with Gasteiger partial charge in [0.05, 0.1) is 18.3 Å². The Kier molecular flexibility index (Phi) is 19.3. The van der Waals surface area contributed by atoms with Crippen molar-refractivity contribution >= 4 is 35.4 Å². The molecule has 1 aliphatic carbocycles. The average molecular weight is 888 g/mol. The number of methoxy groups -OCH3 is 3. The van der Waals surface area contributed by atoms with E-state index in [-0.39, 0.29) is 49.5 Å². The summed E-state index contributed by atoms with van der Waals surface area (Å²) in [7, 11) is 4.59. The first-order valence-electron chi connectivity index (χ1n) is 22.7. The van der Waals surface area contributed by atoms with Crippen LogP contribution in [0.15, 0.2) is 36.0 Å². The number of carbonyl (C=O) groups excluding carboxylic acids is 6. The summed E-state index contributed by atoms with van der Waals surface area (Å²) in [6.07, 6.45) is 4.81. The summed E-state index contributed by atoms with van der Waals surface area (Å²) in [4.78, 5) is 83.3. The highest BCUT2D eigenvalue weighted by atomic mass is 16.7. The number of nitrogens with zero attached hydrogens (tertiary/aromatic N) is 1. The molecule has 7 unspecified atom stereocenters. The Morgan fingerprint density at radius 1 is 0.857 bits per heavy atom. The van der Waals surface area contributed by atoms with E-state index in [4.69, 9.17) is 33.2 Å². The molecule has 63 heavy (non-hydrogen) atoms. The van der Waals surface area contributed by atoms with Crippen LogP contribution in [0.25, 0.3) is 0 Å². The lowest BCUT2D eigenvalue weighted by Crippen LogP contribution is -2.64. The summed E-state index contributed by atoms with van der Waals surface area (Å²) >= 11 is 0. The normalized spacial score (nSPS) is 38.0. The summed E-state index contributed by atoms with van der Waals surface area (Å²) in [6.45, 7) is 15.7. The second kappa shape index (κ2) is 23.4. The van der Waals surface area contributed by atoms with Crippen LogP contribution in [-0.2, 0) is 61.9 Å². The number of aliphatic hydroxyl groups is 1. The van der Waals surface area contributed by atoms with Crippen LogP contribution >= 0.6 is 0 Å². The first-order valence-corrected chi connectivity index (χ1v) is 22.7. The van der Waals surface area contributed by atoms with Crippen molar-refractivity contribution in [1.29, 1.82) is 0 Å². The van der Waals surface area contributed by atoms with Crippen LogP contribution in [0.5, 0.6) is 0 Å². The number of hydrogen-bond donors (Lipinski definition) is 1. The van der Waals surface area contributed by atoms with Gasteiger partial charge in [-0.2, -0.15) is 0 Å². The molecule has 4 rings (SSSR count). The smallest absolute Gasteiger partial charge is 0.329 e. The lowest BCUT2D eigenvalue weighted by atomic mass is 9.81. The molecule has 3 aliphatic heterocycles. The van der Waals surface area contributed by atoms with Gasteiger partial charge < -0.3 is 43.2 Å². The zero-order chi connectivity index (χ0) is 46.8. The molecular weight excluding hydrogens is 815 g/mol. The van der Waals surface area contributed by atoms with Crippen molar-refractivity contribution in [2.24, 2.45) is 29.6 Å². The monoisotopic (exact) mass is 888 g/mol. The first-order chi connectivity index (χ1) is 29.8. The third-order valence-electron chi connectivity index (χ3n) is 13.5. The van der Waals surface area contributed by atoms with E-state index < -0.39 is 95.8 Å². The molecule has 0 aromatic carbocycles. The van der Waals surface area contributed by atoms with Gasteiger partial charge >= 0.3 is 17.9 Å². The van der Waals surface area contributed by atoms with Crippen LogP contribution in [-0.4, -0.2) is 128 Å². The number of carbonyl (C=O) groups is 6. The van der Waals surface area contributed by atoms with Crippen LogP contribution < -0.4 is 0 Å². The van der Waals surface area contributed by atoms with Gasteiger partial charge in [0.2, 0.25) is 5.79 Å². The summed E-state index contributed by atoms with van der Waals surface area (Å²) in [5, 5.41) is 12.1. The molecule has 354 valence electrons. The van der Waals surface area contributed by atoms with Crippen LogP contribution in [0.2, 0.25) is 0 Å². The molecule has 0 radical (unpaired) electrons. The minimum atomic E-state index is -2.54. The Labute approximate surface area is 373 Å². The highest BCUT2D eigenvalue weighted by Crippen LogP contribution is 2.39. The van der Waals surface area contributed by atoms with Crippen molar-refractivity contribution in [3.05, 3.63) is 36.0 Å². The van der Waals surface area contributed by atoms with Crippen LogP contribution in [0.4, 0.5) is 0 Å². The number of esters is 3. The number of ether oxygens (including phenoxy) is 7. The van der Waals surface area contributed by atoms with Crippen LogP contribution in [0.3, 0.4) is 0 Å². The van der Waals surface area contributed by atoms with Crippen molar-refractivity contribution in [3.63, 3.8) is 0 Å². The Hall–Kier alpha value is -3.76. The van der Waals surface area contributed by atoms with Gasteiger partial charge in [0.1, 0.15) is 36.2 Å². The molecule has 1 N–H and O–H groups in total. The number of piperidine rings is 1. The topological polar surface area (TPSA) is 190 Å². The van der Waals surface area contributed by atoms with Crippen LogP contribution in [0.1, 0.15) is 119 Å². The quantitative estimate of drug-likeness (QED) is 0.127. The number of allylic oxidation sites excluding steroid dienone is 4. The molecule has 14 atom stereocenters. The largest absolute Gasteiger partial charge is 0.462 e. The summed E-state index contributed by atoms with van der Waals surface area (Å²) in [6, 6.07) is -1.19. The Bertz CT molecular complexity index is 1710. The minimum absolute atomic E-state index is 0.0249. The molecule has 0 spiro atoms. The van der Waals surface area contributed by atoms with Gasteiger partial charge in [0.25, 0.3) is 11.7 Å². The van der Waals surface area contributed by atoms with E-state index in [1.165, 1.54) is 33.0 Å². The zero-order valence-corrected chi connectivity index (χ0v) is 39.1. The molecule has 2 saturated heterocycles. The highest BCUT2D eigenvalue weighted by molar-refractivity contribution is 6.39. The molecule has 4 aliphatic rings. The molecule has 3 heterocycles.